The maximum atomic E-state index is 13.7. The van der Waals surface area contributed by atoms with E-state index in [1.807, 2.05) is 13.0 Å². The summed E-state index contributed by atoms with van der Waals surface area (Å²) >= 11 is 0. The van der Waals surface area contributed by atoms with Crippen molar-refractivity contribution in [2.75, 3.05) is 11.9 Å². The van der Waals surface area contributed by atoms with Crippen LogP contribution in [0.5, 0.6) is 5.75 Å². The molecule has 2 aromatic carbocycles. The minimum atomic E-state index is -1.09. The van der Waals surface area contributed by atoms with E-state index in [1.54, 1.807) is 36.4 Å². The van der Waals surface area contributed by atoms with E-state index in [-0.39, 0.29) is 24.2 Å². The monoisotopic (exact) mass is 356 g/mol. The second-order valence-electron chi connectivity index (χ2n) is 6.24. The number of amides is 2. The van der Waals surface area contributed by atoms with Gasteiger partial charge in [0.2, 0.25) is 11.8 Å². The Morgan fingerprint density at radius 1 is 1.08 bits per heavy atom. The van der Waals surface area contributed by atoms with Gasteiger partial charge in [-0.2, -0.15) is 0 Å². The van der Waals surface area contributed by atoms with Crippen LogP contribution in [0.4, 0.5) is 10.1 Å². The van der Waals surface area contributed by atoms with Gasteiger partial charge < -0.3 is 15.4 Å². The van der Waals surface area contributed by atoms with E-state index in [0.29, 0.717) is 36.4 Å². The lowest BCUT2D eigenvalue weighted by Gasteiger charge is -2.17. The average Bonchev–Trinajstić information content (AvgIpc) is 3.45. The number of para-hydroxylation sites is 2. The molecule has 6 heteroatoms. The minimum absolute atomic E-state index is 0.0517. The van der Waals surface area contributed by atoms with Crippen molar-refractivity contribution in [2.24, 2.45) is 5.41 Å². The number of hydrogen-bond acceptors (Lipinski definition) is 3. The first-order valence-corrected chi connectivity index (χ1v) is 8.62. The lowest BCUT2D eigenvalue weighted by molar-refractivity contribution is -0.134. The van der Waals surface area contributed by atoms with Crippen LogP contribution >= 0.6 is 0 Å². The Balaban J connectivity index is 1.65. The molecule has 2 aromatic rings. The predicted octanol–water partition coefficient (Wildman–Crippen LogP) is 3.26. The number of rotatable bonds is 7. The van der Waals surface area contributed by atoms with Gasteiger partial charge in [0.15, 0.2) is 0 Å². The fourth-order valence-electron chi connectivity index (χ4n) is 2.76. The van der Waals surface area contributed by atoms with Crippen molar-refractivity contribution in [2.45, 2.75) is 26.3 Å². The second-order valence-corrected chi connectivity index (χ2v) is 6.24. The smallest absolute Gasteiger partial charge is 0.240 e. The van der Waals surface area contributed by atoms with E-state index >= 15 is 0 Å². The Bertz CT molecular complexity index is 818. The first-order chi connectivity index (χ1) is 12.6. The molecule has 0 saturated heterocycles. The molecule has 2 N–H and O–H groups in total. The molecule has 0 bridgehead atoms. The molecule has 3 rings (SSSR count). The molecule has 1 aliphatic carbocycles. The number of nitrogens with one attached hydrogen (secondary N) is 2. The van der Waals surface area contributed by atoms with Gasteiger partial charge in [-0.1, -0.05) is 30.3 Å². The number of ether oxygens (including phenoxy) is 1. The molecule has 0 aliphatic heterocycles. The zero-order valence-corrected chi connectivity index (χ0v) is 14.5. The predicted molar refractivity (Wildman–Crippen MR) is 96.2 cm³/mol. The Hall–Kier alpha value is -2.89. The van der Waals surface area contributed by atoms with E-state index in [9.17, 15) is 14.0 Å². The van der Waals surface area contributed by atoms with Gasteiger partial charge in [-0.15, -0.1) is 0 Å². The summed E-state index contributed by atoms with van der Waals surface area (Å²) in [5.74, 6) is -0.568. The highest BCUT2D eigenvalue weighted by molar-refractivity contribution is 6.13. The molecule has 26 heavy (non-hydrogen) atoms. The van der Waals surface area contributed by atoms with Gasteiger partial charge in [-0.25, -0.2) is 4.39 Å². The molecule has 0 radical (unpaired) electrons. The van der Waals surface area contributed by atoms with Crippen molar-refractivity contribution in [3.05, 3.63) is 59.9 Å². The number of benzene rings is 2. The summed E-state index contributed by atoms with van der Waals surface area (Å²) in [4.78, 5) is 25.2. The molecular weight excluding hydrogens is 335 g/mol. The third-order valence-corrected chi connectivity index (χ3v) is 4.45. The summed E-state index contributed by atoms with van der Waals surface area (Å²) in [5, 5.41) is 5.47. The molecule has 2 amide bonds. The third kappa shape index (κ3) is 3.69. The summed E-state index contributed by atoms with van der Waals surface area (Å²) in [6, 6.07) is 13.3. The highest BCUT2D eigenvalue weighted by Gasteiger charge is 2.56. The zero-order valence-electron chi connectivity index (χ0n) is 14.5. The normalized spacial score (nSPS) is 14.4. The van der Waals surface area contributed by atoms with E-state index < -0.39 is 5.41 Å². The van der Waals surface area contributed by atoms with E-state index in [4.69, 9.17) is 4.74 Å². The van der Waals surface area contributed by atoms with Crippen LogP contribution < -0.4 is 15.4 Å². The van der Waals surface area contributed by atoms with E-state index in [2.05, 4.69) is 10.6 Å². The maximum Gasteiger partial charge on any atom is 0.240 e. The van der Waals surface area contributed by atoms with E-state index in [0.717, 1.165) is 0 Å². The molecule has 0 spiro atoms. The molecule has 0 unspecified atom stereocenters. The number of hydrogen-bond donors (Lipinski definition) is 2. The Morgan fingerprint density at radius 2 is 1.77 bits per heavy atom. The fourth-order valence-corrected chi connectivity index (χ4v) is 2.76. The minimum Gasteiger partial charge on any atom is -0.492 e. The lowest BCUT2D eigenvalue weighted by atomic mass is 10.0. The van der Waals surface area contributed by atoms with Gasteiger partial charge in [0.25, 0.3) is 0 Å². The lowest BCUT2D eigenvalue weighted by Crippen LogP contribution is -2.39. The van der Waals surface area contributed by atoms with E-state index in [1.165, 1.54) is 6.07 Å². The van der Waals surface area contributed by atoms with Gasteiger partial charge in [-0.3, -0.25) is 9.59 Å². The number of carbonyl (C=O) groups is 2. The summed E-state index contributed by atoms with van der Waals surface area (Å²) in [6.07, 6.45) is 0.942. The molecule has 0 heterocycles. The van der Waals surface area contributed by atoms with Crippen molar-refractivity contribution in [1.29, 1.82) is 0 Å². The van der Waals surface area contributed by atoms with Crippen molar-refractivity contribution in [3.63, 3.8) is 0 Å². The Morgan fingerprint density at radius 3 is 2.46 bits per heavy atom. The van der Waals surface area contributed by atoms with Crippen molar-refractivity contribution < 1.29 is 18.7 Å². The average molecular weight is 356 g/mol. The standard InChI is InChI=1S/C20H21FN2O3/c1-2-26-17-10-6-5-9-16(17)23-19(25)20(11-12-20)18(24)22-13-14-7-3-4-8-15(14)21/h3-10H,2,11-13H2,1H3,(H,22,24)(H,23,25). The first-order valence-electron chi connectivity index (χ1n) is 8.62. The van der Waals surface area contributed by atoms with Gasteiger partial charge in [0.05, 0.1) is 12.3 Å². The van der Waals surface area contributed by atoms with Crippen LogP contribution in [0.15, 0.2) is 48.5 Å². The van der Waals surface area contributed by atoms with Crippen LogP contribution in [0, 0.1) is 11.2 Å². The SMILES string of the molecule is CCOc1ccccc1NC(=O)C1(C(=O)NCc2ccccc2F)CC1. The summed E-state index contributed by atoms with van der Waals surface area (Å²) in [5.41, 5.74) is -0.170. The van der Waals surface area contributed by atoms with Gasteiger partial charge in [0, 0.05) is 12.1 Å². The molecule has 1 saturated carbocycles. The summed E-state index contributed by atoms with van der Waals surface area (Å²) in [6.45, 7) is 2.38. The van der Waals surface area contributed by atoms with Gasteiger partial charge >= 0.3 is 0 Å². The van der Waals surface area contributed by atoms with Crippen LogP contribution in [-0.4, -0.2) is 18.4 Å². The molecule has 136 valence electrons. The molecule has 5 nitrogen and oxygen atoms in total. The number of anilines is 1. The van der Waals surface area contributed by atoms with Crippen LogP contribution in [0.3, 0.4) is 0 Å². The topological polar surface area (TPSA) is 67.4 Å². The zero-order chi connectivity index (χ0) is 18.6. The van der Waals surface area contributed by atoms with Crippen LogP contribution in [0.2, 0.25) is 0 Å². The van der Waals surface area contributed by atoms with Crippen molar-refractivity contribution in [3.8, 4) is 5.75 Å². The summed E-state index contributed by atoms with van der Waals surface area (Å²) in [7, 11) is 0. The molecule has 1 aliphatic rings. The highest BCUT2D eigenvalue weighted by Crippen LogP contribution is 2.47. The number of halogens is 1. The summed E-state index contributed by atoms with van der Waals surface area (Å²) < 4.78 is 19.2. The van der Waals surface area contributed by atoms with Crippen LogP contribution in [0.1, 0.15) is 25.3 Å². The van der Waals surface area contributed by atoms with Crippen LogP contribution in [-0.2, 0) is 16.1 Å². The Labute approximate surface area is 151 Å². The molecular formula is C20H21FN2O3. The van der Waals surface area contributed by atoms with Crippen molar-refractivity contribution in [1.82, 2.24) is 5.32 Å². The Kier molecular flexibility index (Phi) is 5.21. The van der Waals surface area contributed by atoms with Crippen molar-refractivity contribution >= 4 is 17.5 Å². The fraction of sp³-hybridized carbons (Fsp3) is 0.300. The number of carbonyl (C=O) groups excluding carboxylic acids is 2. The third-order valence-electron chi connectivity index (χ3n) is 4.45. The van der Waals surface area contributed by atoms with Crippen LogP contribution in [0.25, 0.3) is 0 Å². The highest BCUT2D eigenvalue weighted by atomic mass is 19.1. The molecule has 1 fully saturated rings. The largest absolute Gasteiger partial charge is 0.492 e. The maximum absolute atomic E-state index is 13.7. The van der Waals surface area contributed by atoms with Gasteiger partial charge in [-0.05, 0) is 38.0 Å². The molecule has 0 aromatic heterocycles. The first kappa shape index (κ1) is 17.9. The quantitative estimate of drug-likeness (QED) is 0.749. The molecule has 0 atom stereocenters. The van der Waals surface area contributed by atoms with Gasteiger partial charge in [0.1, 0.15) is 17.0 Å². The second kappa shape index (κ2) is 7.56.